The lowest BCUT2D eigenvalue weighted by atomic mass is 9.77. The van der Waals surface area contributed by atoms with Crippen LogP contribution in [0.3, 0.4) is 0 Å². The number of likely N-dealkylation sites (N-methyl/N-ethyl adjacent to an activating group) is 2. The summed E-state index contributed by atoms with van der Waals surface area (Å²) in [5.74, 6) is -3.63. The minimum Gasteiger partial charge on any atom is -0.458 e. The van der Waals surface area contributed by atoms with E-state index in [0.717, 1.165) is 6.07 Å². The lowest BCUT2D eigenvalue weighted by molar-refractivity contribution is -0.299. The van der Waals surface area contributed by atoms with E-state index < -0.39 is 89.9 Å². The van der Waals surface area contributed by atoms with Gasteiger partial charge in [0.2, 0.25) is 0 Å². The van der Waals surface area contributed by atoms with Crippen LogP contribution in [0.4, 0.5) is 19.7 Å². The van der Waals surface area contributed by atoms with E-state index in [9.17, 15) is 29.0 Å². The smallest absolute Gasteiger partial charge is 0.458 e. The first-order chi connectivity index (χ1) is 24.7. The molecule has 300 valence electrons. The molecule has 4 rings (SSSR count). The number of aliphatic hydroxyl groups is 2. The summed E-state index contributed by atoms with van der Waals surface area (Å²) in [4.78, 5) is 44.2. The van der Waals surface area contributed by atoms with Gasteiger partial charge in [-0.2, -0.15) is 0 Å². The molecule has 3 N–H and O–H groups in total. The third-order valence-electron chi connectivity index (χ3n) is 11.2. The van der Waals surface area contributed by atoms with Crippen molar-refractivity contribution in [1.82, 2.24) is 9.80 Å². The molecule has 0 radical (unpaired) electrons. The third kappa shape index (κ3) is 9.78. The maximum absolute atomic E-state index is 14.2. The second-order valence-corrected chi connectivity index (χ2v) is 16.0. The van der Waals surface area contributed by atoms with Gasteiger partial charge < -0.3 is 43.5 Å². The summed E-state index contributed by atoms with van der Waals surface area (Å²) in [6, 6.07) is 4.54. The molecule has 0 aliphatic carbocycles. The highest BCUT2D eigenvalue weighted by atomic mass is 19.1. The number of nitrogens with zero attached hydrogens (tertiary/aromatic N) is 2. The maximum atomic E-state index is 14.2. The Balaban J connectivity index is 1.80. The van der Waals surface area contributed by atoms with Crippen LogP contribution in [-0.4, -0.2) is 132 Å². The van der Waals surface area contributed by atoms with Crippen LogP contribution in [0.2, 0.25) is 0 Å². The Morgan fingerprint density at radius 2 is 1.81 bits per heavy atom. The number of ether oxygens (including phenoxy) is 6. The lowest BCUT2D eigenvalue weighted by Crippen LogP contribution is -2.59. The van der Waals surface area contributed by atoms with E-state index >= 15 is 0 Å². The molecule has 3 aliphatic heterocycles. The van der Waals surface area contributed by atoms with Gasteiger partial charge in [-0.3, -0.25) is 15.0 Å². The summed E-state index contributed by atoms with van der Waals surface area (Å²) < 4.78 is 50.3. The summed E-state index contributed by atoms with van der Waals surface area (Å²) in [6.07, 6.45) is -7.70. The molecule has 3 saturated heterocycles. The van der Waals surface area contributed by atoms with E-state index in [1.807, 2.05) is 51.7 Å². The molecule has 1 amide bonds. The standard InChI is InChI=1S/C38H60FN3O11/c1-12-28-38(8)32(52-36(46)53-38)24(6)42(11)19-20(2)18-37(7,47)31(51-34-29(43)27(41(9)10)16-21(3)48-34)22(4)30(23(5)33(44)49-28)50-35(45)40-26-15-13-14-25(39)17-26/h13-15,17,20-24,27-32,34,43,47H,12,16,18-19H2,1-11H3,(H,40,45)/t20-,21-,22+,23-,24-,27+,28-,29-,30+,31-,32-,34+,37-,38-/m1/s1. The van der Waals surface area contributed by atoms with E-state index in [1.165, 1.54) is 25.1 Å². The Morgan fingerprint density at radius 3 is 2.43 bits per heavy atom. The highest BCUT2D eigenvalue weighted by Gasteiger charge is 2.58. The monoisotopic (exact) mass is 753 g/mol. The highest BCUT2D eigenvalue weighted by Crippen LogP contribution is 2.40. The number of halogens is 1. The molecule has 3 aliphatic rings. The van der Waals surface area contributed by atoms with Crippen molar-refractivity contribution in [2.75, 3.05) is 33.0 Å². The molecule has 15 heteroatoms. The minimum absolute atomic E-state index is 0.123. The fourth-order valence-corrected chi connectivity index (χ4v) is 8.38. The average Bonchev–Trinajstić information content (AvgIpc) is 3.38. The number of rotatable bonds is 6. The van der Waals surface area contributed by atoms with Crippen molar-refractivity contribution in [2.24, 2.45) is 17.8 Å². The van der Waals surface area contributed by atoms with Crippen LogP contribution in [0, 0.1) is 23.6 Å². The number of hydrogen-bond donors (Lipinski definition) is 3. The second-order valence-electron chi connectivity index (χ2n) is 16.0. The SMILES string of the molecule is CC[C@H]1OC(=O)[C@H](C)[C@@H](OC(=O)Nc2cccc(F)c2)[C@H](C)[C@@H](O[C@@H]2O[C@H](C)C[C@H](N(C)C)[C@H]2O)[C@](C)(O)C[C@@H](C)CN(C)[C@H](C)[C@H]2OC(=O)O[C@@]21C. The fraction of sp³-hybridized carbons (Fsp3) is 0.763. The Morgan fingerprint density at radius 1 is 1.13 bits per heavy atom. The molecule has 3 heterocycles. The van der Waals surface area contributed by atoms with Crippen LogP contribution < -0.4 is 5.32 Å². The zero-order valence-corrected chi connectivity index (χ0v) is 32.9. The first-order valence-corrected chi connectivity index (χ1v) is 18.6. The number of amides is 1. The van der Waals surface area contributed by atoms with Gasteiger partial charge in [0.1, 0.15) is 24.1 Å². The molecule has 0 aromatic heterocycles. The van der Waals surface area contributed by atoms with Crippen LogP contribution in [0.1, 0.15) is 74.7 Å². The van der Waals surface area contributed by atoms with Crippen molar-refractivity contribution < 1.29 is 57.4 Å². The molecular weight excluding hydrogens is 693 g/mol. The summed E-state index contributed by atoms with van der Waals surface area (Å²) in [5.41, 5.74) is -2.88. The normalized spacial score (nSPS) is 40.6. The van der Waals surface area contributed by atoms with Crippen LogP contribution in [-0.2, 0) is 33.2 Å². The van der Waals surface area contributed by atoms with E-state index in [-0.39, 0.29) is 36.6 Å². The van der Waals surface area contributed by atoms with Crippen molar-refractivity contribution >= 4 is 23.9 Å². The predicted octanol–water partition coefficient (Wildman–Crippen LogP) is 4.55. The summed E-state index contributed by atoms with van der Waals surface area (Å²) in [6.45, 7) is 14.5. The van der Waals surface area contributed by atoms with Gasteiger partial charge in [0.15, 0.2) is 18.0 Å². The van der Waals surface area contributed by atoms with Crippen LogP contribution in [0.25, 0.3) is 0 Å². The number of fused-ring (bicyclic) bond motifs is 1. The Labute approximate surface area is 312 Å². The maximum Gasteiger partial charge on any atom is 0.509 e. The molecule has 0 spiro atoms. The van der Waals surface area contributed by atoms with Gasteiger partial charge in [0.05, 0.1) is 23.7 Å². The lowest BCUT2D eigenvalue weighted by Gasteiger charge is -2.47. The van der Waals surface area contributed by atoms with Crippen LogP contribution in [0.5, 0.6) is 0 Å². The highest BCUT2D eigenvalue weighted by molar-refractivity contribution is 5.85. The summed E-state index contributed by atoms with van der Waals surface area (Å²) in [7, 11) is 5.58. The first kappa shape index (κ1) is 42.7. The largest absolute Gasteiger partial charge is 0.509 e. The van der Waals surface area contributed by atoms with Gasteiger partial charge in [-0.25, -0.2) is 14.0 Å². The van der Waals surface area contributed by atoms with Gasteiger partial charge in [0, 0.05) is 30.2 Å². The van der Waals surface area contributed by atoms with E-state index in [2.05, 4.69) is 5.32 Å². The number of benzene rings is 1. The van der Waals surface area contributed by atoms with Gasteiger partial charge >= 0.3 is 18.2 Å². The zero-order chi connectivity index (χ0) is 39.6. The summed E-state index contributed by atoms with van der Waals surface area (Å²) >= 11 is 0. The van der Waals surface area contributed by atoms with Crippen molar-refractivity contribution in [3.63, 3.8) is 0 Å². The number of nitrogens with one attached hydrogen (secondary N) is 1. The van der Waals surface area contributed by atoms with Gasteiger partial charge in [-0.05, 0) is 99.1 Å². The third-order valence-corrected chi connectivity index (χ3v) is 11.2. The van der Waals surface area contributed by atoms with Crippen LogP contribution >= 0.6 is 0 Å². The van der Waals surface area contributed by atoms with Crippen molar-refractivity contribution in [1.29, 1.82) is 0 Å². The number of esters is 1. The van der Waals surface area contributed by atoms with E-state index in [4.69, 9.17) is 28.4 Å². The molecule has 3 fully saturated rings. The Bertz CT molecular complexity index is 1430. The minimum atomic E-state index is -1.64. The zero-order valence-electron chi connectivity index (χ0n) is 32.9. The summed E-state index contributed by atoms with van der Waals surface area (Å²) in [5, 5.41) is 26.4. The van der Waals surface area contributed by atoms with E-state index in [1.54, 1.807) is 27.7 Å². The van der Waals surface area contributed by atoms with Crippen LogP contribution in [0.15, 0.2) is 24.3 Å². The Hall–Kier alpha value is -3.08. The number of aliphatic hydroxyl groups excluding tert-OH is 1. The van der Waals surface area contributed by atoms with Gasteiger partial charge in [-0.1, -0.05) is 26.8 Å². The number of carbonyl (C=O) groups is 3. The van der Waals surface area contributed by atoms with Crippen molar-refractivity contribution in [3.8, 4) is 0 Å². The number of hydrogen-bond acceptors (Lipinski definition) is 13. The average molecular weight is 754 g/mol. The van der Waals surface area contributed by atoms with Gasteiger partial charge in [-0.15, -0.1) is 0 Å². The second kappa shape index (κ2) is 17.2. The van der Waals surface area contributed by atoms with Crippen molar-refractivity contribution in [2.45, 2.75) is 141 Å². The number of anilines is 1. The first-order valence-electron chi connectivity index (χ1n) is 18.6. The number of cyclic esters (lactones) is 1. The molecular formula is C38H60FN3O11. The Kier molecular flexibility index (Phi) is 13.8. The van der Waals surface area contributed by atoms with E-state index in [0.29, 0.717) is 13.0 Å². The van der Waals surface area contributed by atoms with Gasteiger partial charge in [0.25, 0.3) is 0 Å². The fourth-order valence-electron chi connectivity index (χ4n) is 8.38. The topological polar surface area (TPSA) is 166 Å². The quantitative estimate of drug-likeness (QED) is 0.274. The molecule has 1 aromatic carbocycles. The molecule has 0 bridgehead atoms. The molecule has 0 saturated carbocycles. The predicted molar refractivity (Wildman–Crippen MR) is 192 cm³/mol. The molecule has 53 heavy (non-hydrogen) atoms. The molecule has 0 unspecified atom stereocenters. The van der Waals surface area contributed by atoms with Crippen molar-refractivity contribution in [3.05, 3.63) is 30.1 Å². The molecule has 1 aromatic rings. The number of carbonyl (C=O) groups excluding carboxylic acids is 3. The molecule has 14 nitrogen and oxygen atoms in total. The molecule has 14 atom stereocenters.